The van der Waals surface area contributed by atoms with E-state index in [1.165, 1.54) is 12.2 Å². The molecule has 0 aliphatic rings. The van der Waals surface area contributed by atoms with Gasteiger partial charge in [0.1, 0.15) is 0 Å². The smallest absolute Gasteiger partial charge is 0.259 e. The maximum Gasteiger partial charge on any atom is 0.259 e. The van der Waals surface area contributed by atoms with Crippen LogP contribution < -0.4 is 0 Å². The summed E-state index contributed by atoms with van der Waals surface area (Å²) in [5, 5.41) is 3.37. The summed E-state index contributed by atoms with van der Waals surface area (Å²) in [5.41, 5.74) is 0. The third-order valence-corrected chi connectivity index (χ3v) is 6.04. The molecule has 0 radical (unpaired) electrons. The highest BCUT2D eigenvalue weighted by atomic mass is 79.9. The van der Waals surface area contributed by atoms with Crippen molar-refractivity contribution in [3.8, 4) is 0 Å². The van der Waals surface area contributed by atoms with Crippen molar-refractivity contribution < 1.29 is 9.63 Å². The number of carbonyl (C=O) groups excluding carboxylic acids is 1. The fourth-order valence-electron chi connectivity index (χ4n) is 1.52. The number of halogens is 1. The highest BCUT2D eigenvalue weighted by Gasteiger charge is 2.25. The van der Waals surface area contributed by atoms with Crippen LogP contribution in [0.15, 0.2) is 20.1 Å². The standard InChI is InChI=1S/C12H18BrNO2S2/c1-4-6-10(11(15)14(5-2)16-3)18-12-9(13)7-8-17-12/h7-8,10H,4-6H2,1-3H3. The Balaban J connectivity index is 2.76. The summed E-state index contributed by atoms with van der Waals surface area (Å²) in [4.78, 5) is 17.4. The Labute approximate surface area is 125 Å². The summed E-state index contributed by atoms with van der Waals surface area (Å²) in [7, 11) is 1.54. The van der Waals surface area contributed by atoms with Crippen LogP contribution in [-0.4, -0.2) is 29.9 Å². The van der Waals surface area contributed by atoms with Crippen molar-refractivity contribution in [1.29, 1.82) is 0 Å². The van der Waals surface area contributed by atoms with Gasteiger partial charge in [0, 0.05) is 11.0 Å². The Morgan fingerprint density at radius 3 is 2.78 bits per heavy atom. The Hall–Kier alpha value is -0.0400. The first kappa shape index (κ1) is 16.0. The molecule has 1 rings (SSSR count). The molecule has 0 aromatic carbocycles. The van der Waals surface area contributed by atoms with Gasteiger partial charge in [-0.25, -0.2) is 5.06 Å². The lowest BCUT2D eigenvalue weighted by molar-refractivity contribution is -0.174. The molecule has 1 unspecified atom stereocenters. The monoisotopic (exact) mass is 351 g/mol. The number of hydrogen-bond acceptors (Lipinski definition) is 4. The second-order valence-corrected chi connectivity index (χ2v) is 6.91. The zero-order valence-corrected chi connectivity index (χ0v) is 14.0. The largest absolute Gasteiger partial charge is 0.274 e. The minimum absolute atomic E-state index is 0.0483. The Kier molecular flexibility index (Phi) is 7.29. The van der Waals surface area contributed by atoms with Crippen LogP contribution in [0.2, 0.25) is 0 Å². The van der Waals surface area contributed by atoms with E-state index >= 15 is 0 Å². The minimum Gasteiger partial charge on any atom is -0.274 e. The van der Waals surface area contributed by atoms with Gasteiger partial charge in [-0.2, -0.15) is 0 Å². The number of nitrogens with zero attached hydrogens (tertiary/aromatic N) is 1. The molecule has 1 aromatic heterocycles. The molecule has 0 aliphatic carbocycles. The van der Waals surface area contributed by atoms with E-state index in [1.807, 2.05) is 18.4 Å². The van der Waals surface area contributed by atoms with E-state index in [0.717, 1.165) is 21.5 Å². The van der Waals surface area contributed by atoms with Gasteiger partial charge in [0.25, 0.3) is 5.91 Å². The van der Waals surface area contributed by atoms with E-state index < -0.39 is 0 Å². The van der Waals surface area contributed by atoms with Crippen LogP contribution in [-0.2, 0) is 9.63 Å². The molecule has 6 heteroatoms. The van der Waals surface area contributed by atoms with Crippen LogP contribution in [0.3, 0.4) is 0 Å². The average molecular weight is 352 g/mol. The van der Waals surface area contributed by atoms with Crippen molar-refractivity contribution in [2.45, 2.75) is 36.1 Å². The number of thiophene rings is 1. The highest BCUT2D eigenvalue weighted by molar-refractivity contribution is 9.10. The molecule has 0 aliphatic heterocycles. The molecule has 1 amide bonds. The third-order valence-electron chi connectivity index (χ3n) is 2.41. The van der Waals surface area contributed by atoms with Gasteiger partial charge in [-0.15, -0.1) is 23.1 Å². The summed E-state index contributed by atoms with van der Waals surface area (Å²) < 4.78 is 2.21. The highest BCUT2D eigenvalue weighted by Crippen LogP contribution is 2.37. The van der Waals surface area contributed by atoms with Gasteiger partial charge in [-0.05, 0) is 40.7 Å². The van der Waals surface area contributed by atoms with Crippen LogP contribution in [0.25, 0.3) is 0 Å². The van der Waals surface area contributed by atoms with Crippen molar-refractivity contribution in [2.75, 3.05) is 13.7 Å². The number of hydrogen-bond donors (Lipinski definition) is 0. The first-order valence-electron chi connectivity index (χ1n) is 5.89. The minimum atomic E-state index is -0.0788. The fraction of sp³-hybridized carbons (Fsp3) is 0.583. The summed E-state index contributed by atoms with van der Waals surface area (Å²) in [5.74, 6) is 0.0483. The molecule has 1 heterocycles. The third kappa shape index (κ3) is 4.26. The first-order valence-corrected chi connectivity index (χ1v) is 8.44. The number of hydroxylamine groups is 2. The molecule has 18 heavy (non-hydrogen) atoms. The summed E-state index contributed by atoms with van der Waals surface area (Å²) in [6.45, 7) is 4.57. The van der Waals surface area contributed by atoms with Gasteiger partial charge in [0.15, 0.2) is 0 Å². The topological polar surface area (TPSA) is 29.5 Å². The maximum absolute atomic E-state index is 12.3. The van der Waals surface area contributed by atoms with Crippen LogP contribution >= 0.6 is 39.0 Å². The quantitative estimate of drug-likeness (QED) is 0.545. The average Bonchev–Trinajstić information content (AvgIpc) is 2.76. The van der Waals surface area contributed by atoms with Crippen LogP contribution in [0, 0.1) is 0 Å². The van der Waals surface area contributed by atoms with Gasteiger partial charge < -0.3 is 0 Å². The molecule has 0 N–H and O–H groups in total. The van der Waals surface area contributed by atoms with Crippen LogP contribution in [0.4, 0.5) is 0 Å². The molecule has 0 saturated carbocycles. The normalized spacial score (nSPS) is 12.4. The fourth-order valence-corrected chi connectivity index (χ4v) is 4.65. The van der Waals surface area contributed by atoms with Crippen molar-refractivity contribution >= 4 is 44.9 Å². The van der Waals surface area contributed by atoms with E-state index in [2.05, 4.69) is 22.9 Å². The van der Waals surface area contributed by atoms with Crippen molar-refractivity contribution in [3.63, 3.8) is 0 Å². The summed E-state index contributed by atoms with van der Waals surface area (Å²) in [6.07, 6.45) is 1.83. The van der Waals surface area contributed by atoms with E-state index in [-0.39, 0.29) is 11.2 Å². The lowest BCUT2D eigenvalue weighted by Gasteiger charge is -2.23. The molecule has 3 nitrogen and oxygen atoms in total. The molecule has 1 aromatic rings. The number of rotatable bonds is 7. The van der Waals surface area contributed by atoms with E-state index in [0.29, 0.717) is 6.54 Å². The van der Waals surface area contributed by atoms with Crippen LogP contribution in [0.1, 0.15) is 26.7 Å². The van der Waals surface area contributed by atoms with Crippen LogP contribution in [0.5, 0.6) is 0 Å². The zero-order chi connectivity index (χ0) is 13.5. The Bertz CT molecular complexity index is 380. The number of thioether (sulfide) groups is 1. The van der Waals surface area contributed by atoms with E-state index in [9.17, 15) is 4.79 Å². The van der Waals surface area contributed by atoms with E-state index in [1.54, 1.807) is 23.1 Å². The Morgan fingerprint density at radius 1 is 1.61 bits per heavy atom. The number of carbonyl (C=O) groups is 1. The van der Waals surface area contributed by atoms with Gasteiger partial charge in [0.2, 0.25) is 0 Å². The summed E-state index contributed by atoms with van der Waals surface area (Å²) in [6, 6.07) is 2.01. The first-order chi connectivity index (χ1) is 8.63. The van der Waals surface area contributed by atoms with Crippen molar-refractivity contribution in [1.82, 2.24) is 5.06 Å². The van der Waals surface area contributed by atoms with Gasteiger partial charge in [-0.1, -0.05) is 13.3 Å². The van der Waals surface area contributed by atoms with E-state index in [4.69, 9.17) is 4.84 Å². The molecule has 0 fully saturated rings. The lowest BCUT2D eigenvalue weighted by Crippen LogP contribution is -2.36. The zero-order valence-electron chi connectivity index (χ0n) is 10.8. The molecular weight excluding hydrogens is 334 g/mol. The molecule has 1 atom stereocenters. The van der Waals surface area contributed by atoms with Gasteiger partial charge in [-0.3, -0.25) is 9.63 Å². The molecule has 0 bridgehead atoms. The number of amides is 1. The maximum atomic E-state index is 12.3. The second-order valence-electron chi connectivity index (χ2n) is 3.67. The lowest BCUT2D eigenvalue weighted by atomic mass is 10.2. The predicted octanol–water partition coefficient (Wildman–Crippen LogP) is 4.18. The van der Waals surface area contributed by atoms with Crippen molar-refractivity contribution in [2.24, 2.45) is 0 Å². The Morgan fingerprint density at radius 2 is 2.33 bits per heavy atom. The molecular formula is C12H18BrNO2S2. The van der Waals surface area contributed by atoms with Gasteiger partial charge >= 0.3 is 0 Å². The molecule has 0 saturated heterocycles. The molecule has 102 valence electrons. The van der Waals surface area contributed by atoms with Gasteiger partial charge in [0.05, 0.1) is 16.6 Å². The SMILES string of the molecule is CCCC(Sc1sccc1Br)C(=O)N(CC)OC. The summed E-state index contributed by atoms with van der Waals surface area (Å²) >= 11 is 6.77. The second kappa shape index (κ2) is 8.19. The molecule has 0 spiro atoms. The van der Waals surface area contributed by atoms with Crippen molar-refractivity contribution in [3.05, 3.63) is 15.9 Å². The predicted molar refractivity (Wildman–Crippen MR) is 81.0 cm³/mol.